The Hall–Kier alpha value is -7.33. The molecule has 9 atom stereocenters. The molecule has 1 aromatic rings. The predicted molar refractivity (Wildman–Crippen MR) is 278 cm³/mol. The van der Waals surface area contributed by atoms with Crippen LogP contribution in [0.15, 0.2) is 34.3 Å². The number of aliphatic hydroxyl groups excluding tert-OH is 1. The minimum Gasteiger partial charge on any atom is -0.508 e. The summed E-state index contributed by atoms with van der Waals surface area (Å²) in [4.78, 5) is 128. The minimum absolute atomic E-state index is 0.00745. The molecule has 24 N–H and O–H groups in total. The molecule has 0 aliphatic heterocycles. The second kappa shape index (κ2) is 35.0. The van der Waals surface area contributed by atoms with Gasteiger partial charge in [0.25, 0.3) is 0 Å². The number of nitrogens with one attached hydrogen (secondary N) is 7. The number of carboxylic acids is 1. The zero-order valence-corrected chi connectivity index (χ0v) is 43.3. The van der Waals surface area contributed by atoms with Crippen molar-refractivity contribution >= 4 is 65.1 Å². The number of aliphatic imine (C=N–C) groups is 2. The lowest BCUT2D eigenvalue weighted by atomic mass is 9.96. The number of nitrogens with two attached hydrogens (primary N) is 7. The second-order valence-corrected chi connectivity index (χ2v) is 18.6. The van der Waals surface area contributed by atoms with E-state index >= 15 is 0 Å². The first-order valence-corrected chi connectivity index (χ1v) is 24.9. The van der Waals surface area contributed by atoms with Crippen LogP contribution in [0.5, 0.6) is 5.75 Å². The molecule has 0 saturated heterocycles. The van der Waals surface area contributed by atoms with Gasteiger partial charge in [0.1, 0.15) is 48.0 Å². The van der Waals surface area contributed by atoms with E-state index in [1.54, 1.807) is 39.8 Å². The van der Waals surface area contributed by atoms with Gasteiger partial charge in [-0.15, -0.1) is 0 Å². The van der Waals surface area contributed by atoms with Gasteiger partial charge in [-0.25, -0.2) is 4.79 Å². The summed E-state index contributed by atoms with van der Waals surface area (Å²) in [6.07, 6.45) is 0.643. The normalized spacial score (nSPS) is 14.6. The van der Waals surface area contributed by atoms with Crippen LogP contribution in [0.4, 0.5) is 0 Å². The summed E-state index contributed by atoms with van der Waals surface area (Å²) in [7, 11) is 0. The monoisotopic (exact) mass is 1060 g/mol. The third kappa shape index (κ3) is 26.5. The van der Waals surface area contributed by atoms with Crippen molar-refractivity contribution in [3.63, 3.8) is 0 Å². The number of hydrogen-bond donors (Lipinski definition) is 17. The van der Waals surface area contributed by atoms with Crippen molar-refractivity contribution in [1.29, 1.82) is 0 Å². The van der Waals surface area contributed by atoms with Crippen molar-refractivity contribution in [2.75, 3.05) is 26.2 Å². The summed E-state index contributed by atoms with van der Waals surface area (Å²) in [6, 6.07) is -5.06. The molecule has 0 aliphatic carbocycles. The summed E-state index contributed by atoms with van der Waals surface area (Å²) >= 11 is 0. The molecule has 28 nitrogen and oxygen atoms in total. The average Bonchev–Trinajstić information content (AvgIpc) is 3.34. The van der Waals surface area contributed by atoms with Gasteiger partial charge in [-0.2, -0.15) is 0 Å². The Morgan fingerprint density at radius 2 is 1.00 bits per heavy atom. The minimum atomic E-state index is -1.76. The number of hydrogen-bond acceptors (Lipinski definition) is 15. The van der Waals surface area contributed by atoms with Gasteiger partial charge in [-0.3, -0.25) is 48.3 Å². The molecular weight excluding hydrogens is 981 g/mol. The lowest BCUT2D eigenvalue weighted by Gasteiger charge is -2.29. The predicted octanol–water partition coefficient (Wildman–Crippen LogP) is -4.67. The van der Waals surface area contributed by atoms with E-state index in [0.717, 1.165) is 0 Å². The zero-order valence-electron chi connectivity index (χ0n) is 43.3. The topological polar surface area (TPSA) is 505 Å². The molecule has 0 bridgehead atoms. The van der Waals surface area contributed by atoms with Crippen molar-refractivity contribution < 1.29 is 58.5 Å². The fourth-order valence-electron chi connectivity index (χ4n) is 7.31. The first-order chi connectivity index (χ1) is 35.3. The second-order valence-electron chi connectivity index (χ2n) is 18.6. The largest absolute Gasteiger partial charge is 0.508 e. The molecule has 0 fully saturated rings. The van der Waals surface area contributed by atoms with Crippen molar-refractivity contribution in [3.8, 4) is 5.75 Å². The Morgan fingerprint density at radius 3 is 1.44 bits per heavy atom. The summed E-state index contributed by atoms with van der Waals surface area (Å²) in [5.41, 5.74) is 39.8. The van der Waals surface area contributed by atoms with Gasteiger partial charge < -0.3 is 92.7 Å². The average molecular weight is 1060 g/mol. The van der Waals surface area contributed by atoms with Crippen LogP contribution >= 0.6 is 0 Å². The quantitative estimate of drug-likeness (QED) is 0.0169. The Balaban J connectivity index is 3.50. The number of aliphatic hydroxyl groups is 1. The van der Waals surface area contributed by atoms with Gasteiger partial charge in [0.15, 0.2) is 11.9 Å². The van der Waals surface area contributed by atoms with E-state index in [0.29, 0.717) is 24.8 Å². The standard InChI is InChI=1S/C47H82N16O12/c1-5-26(4)37(63-42(71)30(10-6-7-19-48)58-39(68)31(11-8-20-55-46(51)52)57-38(67)29(49)23-27-13-15-28(65)16-14-27)44(73)60-32(12-9-21-56-47(53)54)40(69)62-35(24-64)43(72)59-33(17-18-36(50)66)41(70)61-34(45(74)75)22-25(2)3/h13-16,25-26,29-35,37,64-65H,5-12,17-24,48-49H2,1-4H3,(H2,50,66)(H,57,67)(H,58,68)(H,59,72)(H,60,73)(H,61,70)(H,62,69)(H,63,71)(H,74,75)(H4,51,52,55)(H4,53,54,56)/t26-,29-,30-,31-,32-,33-,34-,35-,37-/m0/s1. The fourth-order valence-corrected chi connectivity index (χ4v) is 7.31. The number of primary amides is 1. The van der Waals surface area contributed by atoms with E-state index in [1.807, 2.05) is 0 Å². The highest BCUT2D eigenvalue weighted by molar-refractivity contribution is 5.98. The fraction of sp³-hybridized carbons (Fsp3) is 0.638. The maximum atomic E-state index is 14.3. The number of nitrogens with zero attached hydrogens (tertiary/aromatic N) is 2. The molecule has 0 aromatic heterocycles. The Labute approximate surface area is 436 Å². The molecule has 75 heavy (non-hydrogen) atoms. The van der Waals surface area contributed by atoms with Gasteiger partial charge in [0.2, 0.25) is 47.3 Å². The van der Waals surface area contributed by atoms with Crippen molar-refractivity contribution in [3.05, 3.63) is 29.8 Å². The van der Waals surface area contributed by atoms with Crippen molar-refractivity contribution in [2.24, 2.45) is 62.0 Å². The number of carbonyl (C=O) groups excluding carboxylic acids is 8. The molecule has 0 saturated carbocycles. The molecule has 1 rings (SSSR count). The molecule has 0 radical (unpaired) electrons. The third-order valence-corrected chi connectivity index (χ3v) is 11.7. The Morgan fingerprint density at radius 1 is 0.573 bits per heavy atom. The number of carboxylic acid groups (broad SMARTS) is 1. The molecular formula is C47H82N16O12. The molecule has 422 valence electrons. The van der Waals surface area contributed by atoms with Gasteiger partial charge in [-0.1, -0.05) is 46.2 Å². The van der Waals surface area contributed by atoms with Crippen LogP contribution in [0.3, 0.4) is 0 Å². The Bertz CT molecular complexity index is 2090. The van der Waals surface area contributed by atoms with Crippen molar-refractivity contribution in [2.45, 2.75) is 153 Å². The summed E-state index contributed by atoms with van der Waals surface area (Å²) in [6.45, 7) is 6.18. The number of amides is 8. The maximum Gasteiger partial charge on any atom is 0.326 e. The number of carbonyl (C=O) groups is 9. The zero-order chi connectivity index (χ0) is 56.8. The van der Waals surface area contributed by atoms with Gasteiger partial charge in [-0.05, 0) is 100 Å². The lowest BCUT2D eigenvalue weighted by molar-refractivity contribution is -0.143. The summed E-state index contributed by atoms with van der Waals surface area (Å²) < 4.78 is 0. The van der Waals surface area contributed by atoms with Crippen LogP contribution in [0.25, 0.3) is 0 Å². The van der Waals surface area contributed by atoms with Gasteiger partial charge in [0.05, 0.1) is 12.6 Å². The number of unbranched alkanes of at least 4 members (excludes halogenated alkanes) is 1. The maximum absolute atomic E-state index is 14.3. The summed E-state index contributed by atoms with van der Waals surface area (Å²) in [5, 5.41) is 47.3. The van der Waals surface area contributed by atoms with Crippen LogP contribution < -0.4 is 77.4 Å². The van der Waals surface area contributed by atoms with Crippen LogP contribution in [-0.2, 0) is 49.6 Å². The number of aliphatic carboxylic acids is 1. The first kappa shape index (κ1) is 65.7. The molecule has 8 amide bonds. The smallest absolute Gasteiger partial charge is 0.326 e. The first-order valence-electron chi connectivity index (χ1n) is 24.9. The van der Waals surface area contributed by atoms with E-state index in [1.165, 1.54) is 12.1 Å². The highest BCUT2D eigenvalue weighted by atomic mass is 16.4. The third-order valence-electron chi connectivity index (χ3n) is 11.7. The highest BCUT2D eigenvalue weighted by Gasteiger charge is 2.36. The van der Waals surface area contributed by atoms with E-state index in [9.17, 15) is 58.5 Å². The van der Waals surface area contributed by atoms with Gasteiger partial charge >= 0.3 is 5.97 Å². The number of phenolic OH excluding ortho intramolecular Hbond substituents is 1. The van der Waals surface area contributed by atoms with Crippen LogP contribution in [0, 0.1) is 11.8 Å². The molecule has 0 aliphatic rings. The van der Waals surface area contributed by atoms with E-state index < -0.39 is 121 Å². The van der Waals surface area contributed by atoms with E-state index in [4.69, 9.17) is 40.1 Å². The summed E-state index contributed by atoms with van der Waals surface area (Å²) in [5.74, 6) is -9.57. The van der Waals surface area contributed by atoms with Crippen LogP contribution in [-0.4, -0.2) is 155 Å². The van der Waals surface area contributed by atoms with Crippen LogP contribution in [0.1, 0.15) is 104 Å². The number of rotatable bonds is 37. The van der Waals surface area contributed by atoms with Crippen molar-refractivity contribution in [1.82, 2.24) is 37.2 Å². The molecule has 28 heteroatoms. The lowest BCUT2D eigenvalue weighted by Crippen LogP contribution is -2.61. The number of guanidine groups is 2. The molecule has 0 spiro atoms. The highest BCUT2D eigenvalue weighted by Crippen LogP contribution is 2.14. The number of benzene rings is 1. The SMILES string of the molecule is CC[C@H](C)[C@H](NC(=O)[C@H](CCCCN)NC(=O)[C@H](CCCN=C(N)N)NC(=O)[C@@H](N)Cc1ccc(O)cc1)C(=O)N[C@@H](CCCN=C(N)N)C(=O)N[C@@H](CO)C(=O)N[C@@H](CCC(N)=O)C(=O)N[C@@H](CC(C)C)C(=O)O. The number of aromatic hydroxyl groups is 1. The van der Waals surface area contributed by atoms with E-state index in [-0.39, 0.29) is 94.6 Å². The molecule has 0 heterocycles. The van der Waals surface area contributed by atoms with E-state index in [2.05, 4.69) is 47.2 Å². The number of phenols is 1. The van der Waals surface area contributed by atoms with Gasteiger partial charge in [0, 0.05) is 19.5 Å². The molecule has 0 unspecified atom stereocenters. The molecule has 1 aromatic carbocycles. The Kier molecular flexibility index (Phi) is 30.6. The van der Waals surface area contributed by atoms with Crippen LogP contribution in [0.2, 0.25) is 0 Å².